The lowest BCUT2D eigenvalue weighted by molar-refractivity contribution is -0.246. The molecule has 9 nitrogen and oxygen atoms in total. The number of rotatable bonds is 8. The van der Waals surface area contributed by atoms with Gasteiger partial charge in [-0.05, 0) is 31.6 Å². The number of methoxy groups -OCH3 is 4. The maximum Gasteiger partial charge on any atom is 0.337 e. The van der Waals surface area contributed by atoms with E-state index >= 15 is 0 Å². The van der Waals surface area contributed by atoms with Crippen molar-refractivity contribution in [3.63, 3.8) is 0 Å². The van der Waals surface area contributed by atoms with Gasteiger partial charge in [0.25, 0.3) is 0 Å². The third-order valence-corrected chi connectivity index (χ3v) is 8.11. The van der Waals surface area contributed by atoms with Gasteiger partial charge in [-0.3, -0.25) is 4.90 Å². The minimum atomic E-state index is -0.962. The fourth-order valence-electron chi connectivity index (χ4n) is 6.71. The number of phenolic OH excluding ortho intramolecular Hbond substituents is 1. The highest BCUT2D eigenvalue weighted by atomic mass is 16.6. The van der Waals surface area contributed by atoms with Gasteiger partial charge in [0.15, 0.2) is 5.72 Å². The molecule has 0 unspecified atom stereocenters. The van der Waals surface area contributed by atoms with Gasteiger partial charge < -0.3 is 34.1 Å². The molecular weight excluding hydrogens is 452 g/mol. The molecule has 0 spiro atoms. The van der Waals surface area contributed by atoms with Crippen molar-refractivity contribution in [1.82, 2.24) is 4.90 Å². The summed E-state index contributed by atoms with van der Waals surface area (Å²) in [7, 11) is 6.23. The smallest absolute Gasteiger partial charge is 0.337 e. The molecule has 0 aromatic heterocycles. The van der Waals surface area contributed by atoms with Crippen molar-refractivity contribution >= 4 is 11.7 Å². The van der Waals surface area contributed by atoms with Crippen LogP contribution >= 0.6 is 0 Å². The first-order valence-corrected chi connectivity index (χ1v) is 12.3. The normalized spacial score (nSPS) is 32.2. The van der Waals surface area contributed by atoms with E-state index in [0.29, 0.717) is 30.8 Å². The Labute approximate surface area is 207 Å². The molecule has 0 aliphatic carbocycles. The Morgan fingerprint density at radius 1 is 1.26 bits per heavy atom. The molecule has 1 aromatic rings. The molecule has 2 N–H and O–H groups in total. The van der Waals surface area contributed by atoms with Crippen LogP contribution in [0.15, 0.2) is 24.0 Å². The maximum absolute atomic E-state index is 12.8. The second-order valence-corrected chi connectivity index (χ2v) is 9.47. The first kappa shape index (κ1) is 25.6. The molecule has 9 heteroatoms. The Morgan fingerprint density at radius 3 is 2.63 bits per heavy atom. The number of nitrogens with zero attached hydrogens (tertiary/aromatic N) is 1. The van der Waals surface area contributed by atoms with Crippen molar-refractivity contribution < 1.29 is 33.6 Å². The summed E-state index contributed by atoms with van der Waals surface area (Å²) in [5.74, 6) is 0.449. The molecule has 4 rings (SSSR count). The molecule has 0 bridgehead atoms. The van der Waals surface area contributed by atoms with Crippen LogP contribution in [-0.2, 0) is 29.3 Å². The summed E-state index contributed by atoms with van der Waals surface area (Å²) in [6.07, 6.45) is 3.76. The summed E-state index contributed by atoms with van der Waals surface area (Å²) in [4.78, 5) is 15.2. The summed E-state index contributed by atoms with van der Waals surface area (Å²) >= 11 is 0. The largest absolute Gasteiger partial charge is 0.508 e. The van der Waals surface area contributed by atoms with Crippen molar-refractivity contribution in [2.75, 3.05) is 53.5 Å². The van der Waals surface area contributed by atoms with Crippen LogP contribution in [0.2, 0.25) is 0 Å². The van der Waals surface area contributed by atoms with Crippen LogP contribution in [0.4, 0.5) is 5.69 Å². The zero-order valence-corrected chi connectivity index (χ0v) is 21.6. The Balaban J connectivity index is 1.85. The molecule has 0 radical (unpaired) electrons. The van der Waals surface area contributed by atoms with Gasteiger partial charge in [-0.1, -0.05) is 13.3 Å². The molecule has 2 saturated heterocycles. The van der Waals surface area contributed by atoms with Crippen molar-refractivity contribution in [1.29, 1.82) is 0 Å². The zero-order chi connectivity index (χ0) is 25.4. The van der Waals surface area contributed by atoms with E-state index in [1.807, 2.05) is 6.92 Å². The zero-order valence-electron chi connectivity index (χ0n) is 21.6. The number of hydrogen-bond acceptors (Lipinski definition) is 9. The Hall–Kier alpha value is -2.49. The van der Waals surface area contributed by atoms with Crippen LogP contribution < -0.4 is 10.1 Å². The fraction of sp³-hybridized carbons (Fsp3) is 0.654. The highest BCUT2D eigenvalue weighted by Crippen LogP contribution is 2.61. The Kier molecular flexibility index (Phi) is 7.22. The second-order valence-electron chi connectivity index (χ2n) is 9.47. The average molecular weight is 491 g/mol. The first-order chi connectivity index (χ1) is 16.9. The van der Waals surface area contributed by atoms with E-state index in [9.17, 15) is 9.90 Å². The summed E-state index contributed by atoms with van der Waals surface area (Å²) in [6.45, 7) is 6.20. The van der Waals surface area contributed by atoms with Gasteiger partial charge in [-0.25, -0.2) is 4.79 Å². The van der Waals surface area contributed by atoms with E-state index in [1.54, 1.807) is 33.5 Å². The number of piperidine rings is 2. The topological polar surface area (TPSA) is 98.7 Å². The van der Waals surface area contributed by atoms with Gasteiger partial charge in [0, 0.05) is 38.9 Å². The summed E-state index contributed by atoms with van der Waals surface area (Å²) in [6, 6.07) is 3.18. The molecule has 3 aliphatic rings. The van der Waals surface area contributed by atoms with E-state index in [0.717, 1.165) is 30.8 Å². The quantitative estimate of drug-likeness (QED) is 0.323. The van der Waals surface area contributed by atoms with E-state index in [2.05, 4.69) is 17.1 Å². The van der Waals surface area contributed by atoms with E-state index in [1.165, 1.54) is 13.4 Å². The highest BCUT2D eigenvalue weighted by Gasteiger charge is 2.69. The molecule has 0 amide bonds. The summed E-state index contributed by atoms with van der Waals surface area (Å²) in [5, 5.41) is 14.0. The monoisotopic (exact) mass is 490 g/mol. The lowest BCUT2D eigenvalue weighted by Gasteiger charge is -2.59. The molecule has 3 aliphatic heterocycles. The van der Waals surface area contributed by atoms with Crippen LogP contribution in [-0.4, -0.2) is 75.9 Å². The van der Waals surface area contributed by atoms with E-state index < -0.39 is 11.3 Å². The predicted molar refractivity (Wildman–Crippen MR) is 130 cm³/mol. The molecular formula is C26H38N2O7. The van der Waals surface area contributed by atoms with Gasteiger partial charge in [0.1, 0.15) is 17.1 Å². The average Bonchev–Trinajstić information content (AvgIpc) is 3.16. The number of nitrogens with one attached hydrogen (secondary N) is 1. The van der Waals surface area contributed by atoms with Crippen LogP contribution in [0, 0.1) is 11.8 Å². The number of aromatic hydroxyl groups is 1. The van der Waals surface area contributed by atoms with Crippen LogP contribution in [0.25, 0.3) is 0 Å². The van der Waals surface area contributed by atoms with Crippen molar-refractivity contribution in [3.05, 3.63) is 29.5 Å². The highest BCUT2D eigenvalue weighted by molar-refractivity contribution is 5.88. The van der Waals surface area contributed by atoms with Crippen LogP contribution in [0.5, 0.6) is 11.5 Å². The van der Waals surface area contributed by atoms with Crippen LogP contribution in [0.1, 0.15) is 38.7 Å². The minimum Gasteiger partial charge on any atom is -0.508 e. The number of fused-ring (bicyclic) bond motifs is 5. The fourth-order valence-corrected chi connectivity index (χ4v) is 6.71. The number of benzene rings is 1. The summed E-state index contributed by atoms with van der Waals surface area (Å²) in [5.41, 5.74) is 0.318. The number of carbonyl (C=O) groups excluding carboxylic acids is 1. The number of ether oxygens (including phenoxy) is 5. The van der Waals surface area contributed by atoms with Gasteiger partial charge in [0.05, 0.1) is 50.5 Å². The molecule has 5 atom stereocenters. The molecule has 0 saturated carbocycles. The molecule has 2 fully saturated rings. The van der Waals surface area contributed by atoms with Gasteiger partial charge in [-0.15, -0.1) is 0 Å². The van der Waals surface area contributed by atoms with Gasteiger partial charge in [-0.2, -0.15) is 0 Å². The van der Waals surface area contributed by atoms with Crippen molar-refractivity contribution in [2.24, 2.45) is 11.8 Å². The maximum atomic E-state index is 12.8. The SMILES string of the molecule is CCO[C@]12CCN3C[C@@H](CC)[C@@H](/C(=C\OC)C(=O)OC)C[C@H]3[C@@]1(OC)Nc1cc(O)cc(OC)c12. The van der Waals surface area contributed by atoms with Crippen molar-refractivity contribution in [2.45, 2.75) is 50.5 Å². The van der Waals surface area contributed by atoms with Gasteiger partial charge in [0.2, 0.25) is 0 Å². The number of carbonyl (C=O) groups is 1. The molecule has 1 aromatic carbocycles. The third kappa shape index (κ3) is 3.75. The van der Waals surface area contributed by atoms with Crippen LogP contribution in [0.3, 0.4) is 0 Å². The molecule has 194 valence electrons. The number of hydrogen-bond donors (Lipinski definition) is 2. The lowest BCUT2D eigenvalue weighted by atomic mass is 9.67. The molecule has 35 heavy (non-hydrogen) atoms. The third-order valence-electron chi connectivity index (χ3n) is 8.11. The number of phenols is 1. The Morgan fingerprint density at radius 2 is 2.03 bits per heavy atom. The first-order valence-electron chi connectivity index (χ1n) is 12.3. The van der Waals surface area contributed by atoms with E-state index in [4.69, 9.17) is 23.7 Å². The minimum absolute atomic E-state index is 0.0843. The Bertz CT molecular complexity index is 983. The number of anilines is 1. The molecule has 3 heterocycles. The van der Waals surface area contributed by atoms with Gasteiger partial charge >= 0.3 is 5.97 Å². The summed E-state index contributed by atoms with van der Waals surface area (Å²) < 4.78 is 29.2. The standard InChI is InChI=1S/C26H38N2O7/c1-7-16-14-28-10-9-25(35-8-2)23-20(11-17(29)12-21(23)32-4)27-26(25,34-6)22(28)13-18(16)19(15-31-3)24(30)33-5/h11-12,15-16,18,22,27,29H,7-10,13-14H2,1-6H3/b19-15+/t16-,18+,22+,25+,26+/m1/s1. The second kappa shape index (κ2) is 9.87. The number of esters is 1. The lowest BCUT2D eigenvalue weighted by Crippen LogP contribution is -2.73. The van der Waals surface area contributed by atoms with Crippen molar-refractivity contribution in [3.8, 4) is 11.5 Å². The van der Waals surface area contributed by atoms with E-state index in [-0.39, 0.29) is 29.6 Å². The predicted octanol–water partition coefficient (Wildman–Crippen LogP) is 3.22.